The van der Waals surface area contributed by atoms with Crippen LogP contribution in [-0.2, 0) is 5.75 Å². The zero-order chi connectivity index (χ0) is 14.7. The first-order chi connectivity index (χ1) is 10.2. The molecule has 0 atom stereocenters. The van der Waals surface area contributed by atoms with Gasteiger partial charge in [0, 0.05) is 15.8 Å². The fraction of sp³-hybridized carbons (Fsp3) is 0.0714. The number of aromatic nitrogens is 4. The number of tetrazole rings is 1. The van der Waals surface area contributed by atoms with Crippen LogP contribution in [0.5, 0.6) is 0 Å². The predicted molar refractivity (Wildman–Crippen MR) is 85.2 cm³/mol. The van der Waals surface area contributed by atoms with Crippen molar-refractivity contribution in [1.29, 1.82) is 0 Å². The van der Waals surface area contributed by atoms with Crippen LogP contribution in [0.25, 0.3) is 5.69 Å². The van der Waals surface area contributed by atoms with Crippen molar-refractivity contribution in [3.63, 3.8) is 0 Å². The molecule has 0 spiro atoms. The van der Waals surface area contributed by atoms with Gasteiger partial charge in [-0.3, -0.25) is 0 Å². The van der Waals surface area contributed by atoms with E-state index in [1.165, 1.54) is 11.8 Å². The fourth-order valence-electron chi connectivity index (χ4n) is 1.78. The quantitative estimate of drug-likeness (QED) is 0.667. The molecule has 0 bridgehead atoms. The zero-order valence-electron chi connectivity index (χ0n) is 10.8. The molecule has 0 radical (unpaired) electrons. The molecule has 7 heteroatoms. The maximum Gasteiger partial charge on any atom is 0.214 e. The Labute approximate surface area is 136 Å². The highest BCUT2D eigenvalue weighted by Crippen LogP contribution is 2.28. The lowest BCUT2D eigenvalue weighted by atomic mass is 10.2. The SMILES string of the molecule is Clc1ccc(CSc2nnnn2-c2ccccc2)c(Cl)c1. The molecule has 3 aromatic rings. The van der Waals surface area contributed by atoms with Gasteiger partial charge in [-0.2, -0.15) is 4.68 Å². The molecule has 0 aliphatic carbocycles. The van der Waals surface area contributed by atoms with Crippen LogP contribution < -0.4 is 0 Å². The summed E-state index contributed by atoms with van der Waals surface area (Å²) in [6.07, 6.45) is 0. The number of rotatable bonds is 4. The lowest BCUT2D eigenvalue weighted by Crippen LogP contribution is -1.98. The van der Waals surface area contributed by atoms with E-state index in [0.29, 0.717) is 21.0 Å². The molecule has 0 saturated carbocycles. The van der Waals surface area contributed by atoms with E-state index in [4.69, 9.17) is 23.2 Å². The molecule has 0 aliphatic rings. The summed E-state index contributed by atoms with van der Waals surface area (Å²) < 4.78 is 1.70. The summed E-state index contributed by atoms with van der Waals surface area (Å²) in [6.45, 7) is 0. The Bertz CT molecular complexity index is 746. The molecule has 21 heavy (non-hydrogen) atoms. The van der Waals surface area contributed by atoms with Gasteiger partial charge in [0.2, 0.25) is 5.16 Å². The summed E-state index contributed by atoms with van der Waals surface area (Å²) in [5.74, 6) is 0.670. The Kier molecular flexibility index (Phi) is 4.43. The molecular weight excluding hydrogens is 327 g/mol. The molecule has 1 aromatic heterocycles. The Morgan fingerprint density at radius 2 is 1.86 bits per heavy atom. The molecule has 0 unspecified atom stereocenters. The number of halogens is 2. The molecule has 3 rings (SSSR count). The van der Waals surface area contributed by atoms with Gasteiger partial charge in [-0.25, -0.2) is 0 Å². The second-order valence-corrected chi connectivity index (χ2v) is 6.02. The highest BCUT2D eigenvalue weighted by molar-refractivity contribution is 7.98. The molecular formula is C14H10Cl2N4S. The van der Waals surface area contributed by atoms with Crippen LogP contribution in [0.2, 0.25) is 10.0 Å². The van der Waals surface area contributed by atoms with E-state index in [2.05, 4.69) is 15.5 Å². The van der Waals surface area contributed by atoms with Gasteiger partial charge in [-0.15, -0.1) is 5.10 Å². The van der Waals surface area contributed by atoms with Gasteiger partial charge in [0.15, 0.2) is 0 Å². The summed E-state index contributed by atoms with van der Waals surface area (Å²) in [5.41, 5.74) is 1.92. The minimum Gasteiger partial charge on any atom is -0.188 e. The lowest BCUT2D eigenvalue weighted by Gasteiger charge is -2.05. The van der Waals surface area contributed by atoms with Crippen molar-refractivity contribution in [2.24, 2.45) is 0 Å². The first-order valence-electron chi connectivity index (χ1n) is 6.14. The van der Waals surface area contributed by atoms with Gasteiger partial charge in [-0.1, -0.05) is 59.2 Å². The monoisotopic (exact) mass is 336 g/mol. The molecule has 0 saturated heterocycles. The van der Waals surface area contributed by atoms with E-state index >= 15 is 0 Å². The number of hydrogen-bond acceptors (Lipinski definition) is 4. The molecule has 0 aliphatic heterocycles. The smallest absolute Gasteiger partial charge is 0.188 e. The third-order valence-electron chi connectivity index (χ3n) is 2.81. The zero-order valence-corrected chi connectivity index (χ0v) is 13.1. The van der Waals surface area contributed by atoms with Crippen molar-refractivity contribution in [2.75, 3.05) is 0 Å². The van der Waals surface area contributed by atoms with Gasteiger partial charge in [0.05, 0.1) is 5.69 Å². The number of benzene rings is 2. The van der Waals surface area contributed by atoms with Crippen molar-refractivity contribution in [3.05, 3.63) is 64.1 Å². The highest BCUT2D eigenvalue weighted by Gasteiger charge is 2.10. The number of para-hydroxylation sites is 1. The van der Waals surface area contributed by atoms with Crippen LogP contribution in [-0.4, -0.2) is 20.2 Å². The third-order valence-corrected chi connectivity index (χ3v) is 4.37. The average molecular weight is 337 g/mol. The number of thioether (sulfide) groups is 1. The second-order valence-electron chi connectivity index (χ2n) is 4.23. The topological polar surface area (TPSA) is 43.6 Å². The minimum atomic E-state index is 0.628. The van der Waals surface area contributed by atoms with Crippen molar-refractivity contribution >= 4 is 35.0 Å². The van der Waals surface area contributed by atoms with Gasteiger partial charge in [-0.05, 0) is 40.3 Å². The van der Waals surface area contributed by atoms with Crippen LogP contribution in [0, 0.1) is 0 Å². The first kappa shape index (κ1) is 14.4. The molecule has 1 heterocycles. The molecule has 0 amide bonds. The third kappa shape index (κ3) is 3.37. The maximum atomic E-state index is 6.17. The Morgan fingerprint density at radius 1 is 1.05 bits per heavy atom. The van der Waals surface area contributed by atoms with E-state index in [-0.39, 0.29) is 0 Å². The highest BCUT2D eigenvalue weighted by atomic mass is 35.5. The number of hydrogen-bond donors (Lipinski definition) is 0. The van der Waals surface area contributed by atoms with Crippen molar-refractivity contribution in [2.45, 2.75) is 10.9 Å². The van der Waals surface area contributed by atoms with E-state index in [9.17, 15) is 0 Å². The largest absolute Gasteiger partial charge is 0.214 e. The van der Waals surface area contributed by atoms with Crippen molar-refractivity contribution in [3.8, 4) is 5.69 Å². The molecule has 106 valence electrons. The van der Waals surface area contributed by atoms with Gasteiger partial charge >= 0.3 is 0 Å². The predicted octanol–water partition coefficient (Wildman–Crippen LogP) is 4.26. The molecule has 0 fully saturated rings. The van der Waals surface area contributed by atoms with Crippen LogP contribution in [0.4, 0.5) is 0 Å². The van der Waals surface area contributed by atoms with Crippen molar-refractivity contribution in [1.82, 2.24) is 20.2 Å². The van der Waals surface area contributed by atoms with Gasteiger partial charge in [0.1, 0.15) is 0 Å². The normalized spacial score (nSPS) is 10.8. The van der Waals surface area contributed by atoms with Crippen molar-refractivity contribution < 1.29 is 0 Å². The standard InChI is InChI=1S/C14H10Cl2N4S/c15-11-7-6-10(13(16)8-11)9-21-14-17-18-19-20(14)12-4-2-1-3-5-12/h1-8H,9H2. The van der Waals surface area contributed by atoms with Crippen LogP contribution in [0.3, 0.4) is 0 Å². The maximum absolute atomic E-state index is 6.17. The molecule has 0 N–H and O–H groups in total. The summed E-state index contributed by atoms with van der Waals surface area (Å²) in [6, 6.07) is 15.2. The van der Waals surface area contributed by atoms with Crippen LogP contribution in [0.15, 0.2) is 53.7 Å². The van der Waals surface area contributed by atoms with Crippen LogP contribution >= 0.6 is 35.0 Å². The van der Waals surface area contributed by atoms with E-state index in [1.54, 1.807) is 10.7 Å². The summed E-state index contributed by atoms with van der Waals surface area (Å²) >= 11 is 13.6. The summed E-state index contributed by atoms with van der Waals surface area (Å²) in [7, 11) is 0. The minimum absolute atomic E-state index is 0.628. The average Bonchev–Trinajstić information content (AvgIpc) is 2.96. The van der Waals surface area contributed by atoms with Gasteiger partial charge < -0.3 is 0 Å². The van der Waals surface area contributed by atoms with E-state index in [1.807, 2.05) is 42.5 Å². The molecule has 2 aromatic carbocycles. The van der Waals surface area contributed by atoms with Crippen LogP contribution in [0.1, 0.15) is 5.56 Å². The lowest BCUT2D eigenvalue weighted by molar-refractivity contribution is 0.756. The second kappa shape index (κ2) is 6.47. The summed E-state index contributed by atoms with van der Waals surface area (Å²) in [5, 5.41) is 13.8. The van der Waals surface area contributed by atoms with E-state index < -0.39 is 0 Å². The Morgan fingerprint density at radius 3 is 2.62 bits per heavy atom. The summed E-state index contributed by atoms with van der Waals surface area (Å²) in [4.78, 5) is 0. The molecule has 4 nitrogen and oxygen atoms in total. The Hall–Kier alpha value is -1.56. The fourth-order valence-corrected chi connectivity index (χ4v) is 3.23. The van der Waals surface area contributed by atoms with E-state index in [0.717, 1.165) is 11.3 Å². The Balaban J connectivity index is 1.79. The number of nitrogens with zero attached hydrogens (tertiary/aromatic N) is 4. The van der Waals surface area contributed by atoms with Gasteiger partial charge in [0.25, 0.3) is 0 Å². The first-order valence-corrected chi connectivity index (χ1v) is 7.89.